The summed E-state index contributed by atoms with van der Waals surface area (Å²) in [6, 6.07) is 6.65. The van der Waals surface area contributed by atoms with Crippen LogP contribution in [0.3, 0.4) is 0 Å². The third-order valence-electron chi connectivity index (χ3n) is 3.28. The van der Waals surface area contributed by atoms with E-state index in [0.29, 0.717) is 42.6 Å². The van der Waals surface area contributed by atoms with E-state index in [1.54, 1.807) is 35.1 Å². The van der Waals surface area contributed by atoms with Crippen LogP contribution < -0.4 is 20.5 Å². The van der Waals surface area contributed by atoms with Crippen molar-refractivity contribution in [3.8, 4) is 11.5 Å². The second kappa shape index (κ2) is 8.72. The van der Waals surface area contributed by atoms with Gasteiger partial charge in [0.25, 0.3) is 5.91 Å². The summed E-state index contributed by atoms with van der Waals surface area (Å²) in [4.78, 5) is 23.2. The van der Waals surface area contributed by atoms with E-state index in [1.165, 1.54) is 0 Å². The van der Waals surface area contributed by atoms with Crippen molar-refractivity contribution in [2.45, 2.75) is 26.8 Å². The minimum Gasteiger partial charge on any atom is -0.490 e. The predicted octanol–water partition coefficient (Wildman–Crippen LogP) is 1.81. The first-order valence-electron chi connectivity index (χ1n) is 8.06. The molecule has 0 aliphatic carbocycles. The van der Waals surface area contributed by atoms with Gasteiger partial charge in [-0.3, -0.25) is 14.3 Å². The maximum absolute atomic E-state index is 12.4. The number of nitrogens with two attached hydrogens (primary N) is 1. The molecule has 3 N–H and O–H groups in total. The highest BCUT2D eigenvalue weighted by atomic mass is 16.5. The normalized spacial score (nSPS) is 10.3. The average Bonchev–Trinajstić information content (AvgIpc) is 3.02. The molecule has 8 heteroatoms. The summed E-state index contributed by atoms with van der Waals surface area (Å²) in [6.45, 7) is 5.08. The van der Waals surface area contributed by atoms with Gasteiger partial charge in [0.15, 0.2) is 17.3 Å². The first-order valence-corrected chi connectivity index (χ1v) is 8.06. The van der Waals surface area contributed by atoms with E-state index in [1.807, 2.05) is 13.8 Å². The van der Waals surface area contributed by atoms with Crippen molar-refractivity contribution in [3.05, 3.63) is 36.0 Å². The van der Waals surface area contributed by atoms with Gasteiger partial charge in [0.05, 0.1) is 13.2 Å². The Bertz CT molecular complexity index is 742. The summed E-state index contributed by atoms with van der Waals surface area (Å²) in [5.74, 6) is 0.782. The van der Waals surface area contributed by atoms with Crippen molar-refractivity contribution in [2.24, 2.45) is 5.73 Å². The van der Waals surface area contributed by atoms with E-state index >= 15 is 0 Å². The standard InChI is InChI=1S/C17H22N4O4/c1-3-24-13-6-5-12(11-14(13)25-4-2)17(23)19-16-8-10-21(20-16)9-7-15(18)22/h5-6,8,10-11H,3-4,7,9H2,1-2H3,(H2,18,22)(H,19,20,23). The number of aryl methyl sites for hydroxylation is 1. The molecule has 0 fully saturated rings. The van der Waals surface area contributed by atoms with Crippen molar-refractivity contribution in [1.29, 1.82) is 0 Å². The van der Waals surface area contributed by atoms with Gasteiger partial charge < -0.3 is 20.5 Å². The zero-order valence-electron chi connectivity index (χ0n) is 14.3. The predicted molar refractivity (Wildman–Crippen MR) is 92.8 cm³/mol. The number of nitrogens with zero attached hydrogens (tertiary/aromatic N) is 2. The Morgan fingerprint density at radius 1 is 1.16 bits per heavy atom. The maximum atomic E-state index is 12.4. The van der Waals surface area contributed by atoms with Crippen LogP contribution >= 0.6 is 0 Å². The van der Waals surface area contributed by atoms with Gasteiger partial charge in [-0.05, 0) is 32.0 Å². The molecule has 134 valence electrons. The molecular weight excluding hydrogens is 324 g/mol. The summed E-state index contributed by atoms with van der Waals surface area (Å²) in [7, 11) is 0. The number of primary amides is 1. The van der Waals surface area contributed by atoms with Crippen molar-refractivity contribution in [2.75, 3.05) is 18.5 Å². The highest BCUT2D eigenvalue weighted by molar-refractivity contribution is 6.04. The van der Waals surface area contributed by atoms with Crippen molar-refractivity contribution >= 4 is 17.6 Å². The molecule has 1 aromatic carbocycles. The lowest BCUT2D eigenvalue weighted by Crippen LogP contribution is -2.15. The molecular formula is C17H22N4O4. The van der Waals surface area contributed by atoms with Crippen LogP contribution in [0, 0.1) is 0 Å². The molecule has 1 heterocycles. The third-order valence-corrected chi connectivity index (χ3v) is 3.28. The summed E-state index contributed by atoms with van der Waals surface area (Å²) < 4.78 is 12.5. The molecule has 0 aliphatic heterocycles. The summed E-state index contributed by atoms with van der Waals surface area (Å²) in [6.07, 6.45) is 1.86. The fraction of sp³-hybridized carbons (Fsp3) is 0.353. The molecule has 0 atom stereocenters. The Morgan fingerprint density at radius 2 is 1.88 bits per heavy atom. The van der Waals surface area contributed by atoms with Crippen LogP contribution in [-0.4, -0.2) is 34.8 Å². The van der Waals surface area contributed by atoms with E-state index in [0.717, 1.165) is 0 Å². The van der Waals surface area contributed by atoms with E-state index in [2.05, 4.69) is 10.4 Å². The van der Waals surface area contributed by atoms with Gasteiger partial charge in [0.2, 0.25) is 5.91 Å². The maximum Gasteiger partial charge on any atom is 0.257 e. The second-order valence-electron chi connectivity index (χ2n) is 5.16. The Kier molecular flexibility index (Phi) is 6.39. The van der Waals surface area contributed by atoms with Gasteiger partial charge in [0.1, 0.15) is 0 Å². The van der Waals surface area contributed by atoms with E-state index < -0.39 is 5.91 Å². The number of hydrogen-bond donors (Lipinski definition) is 2. The Morgan fingerprint density at radius 3 is 2.56 bits per heavy atom. The van der Waals surface area contributed by atoms with Gasteiger partial charge in [0, 0.05) is 30.8 Å². The number of benzene rings is 1. The highest BCUT2D eigenvalue weighted by Gasteiger charge is 2.13. The minimum absolute atomic E-state index is 0.186. The molecule has 0 saturated carbocycles. The number of carbonyl (C=O) groups excluding carboxylic acids is 2. The van der Waals surface area contributed by atoms with E-state index in [-0.39, 0.29) is 12.3 Å². The lowest BCUT2D eigenvalue weighted by molar-refractivity contribution is -0.118. The second-order valence-corrected chi connectivity index (χ2v) is 5.16. The first-order chi connectivity index (χ1) is 12.0. The van der Waals surface area contributed by atoms with Crippen LogP contribution in [0.2, 0.25) is 0 Å². The molecule has 0 aliphatic rings. The molecule has 25 heavy (non-hydrogen) atoms. The zero-order chi connectivity index (χ0) is 18.2. The number of nitrogens with one attached hydrogen (secondary N) is 1. The number of hydrogen-bond acceptors (Lipinski definition) is 5. The van der Waals surface area contributed by atoms with Gasteiger partial charge >= 0.3 is 0 Å². The Labute approximate surface area is 145 Å². The number of anilines is 1. The quantitative estimate of drug-likeness (QED) is 0.720. The molecule has 0 saturated heterocycles. The monoisotopic (exact) mass is 346 g/mol. The molecule has 0 unspecified atom stereocenters. The van der Waals surface area contributed by atoms with Crippen LogP contribution in [0.5, 0.6) is 11.5 Å². The Hall–Kier alpha value is -3.03. The summed E-state index contributed by atoms with van der Waals surface area (Å²) in [5.41, 5.74) is 5.53. The minimum atomic E-state index is -0.404. The molecule has 2 rings (SSSR count). The van der Waals surface area contributed by atoms with Gasteiger partial charge in [-0.1, -0.05) is 0 Å². The molecule has 2 amide bonds. The van der Waals surface area contributed by atoms with E-state index in [4.69, 9.17) is 15.2 Å². The molecule has 8 nitrogen and oxygen atoms in total. The molecule has 2 aromatic rings. The van der Waals surface area contributed by atoms with Crippen molar-refractivity contribution in [1.82, 2.24) is 9.78 Å². The average molecular weight is 346 g/mol. The fourth-order valence-corrected chi connectivity index (χ4v) is 2.16. The summed E-state index contributed by atoms with van der Waals surface area (Å²) in [5, 5.41) is 6.88. The molecule has 1 aromatic heterocycles. The topological polar surface area (TPSA) is 108 Å². The SMILES string of the molecule is CCOc1ccc(C(=O)Nc2ccn(CCC(N)=O)n2)cc1OCC. The number of amides is 2. The number of aromatic nitrogens is 2. The smallest absolute Gasteiger partial charge is 0.257 e. The summed E-state index contributed by atoms with van der Waals surface area (Å²) >= 11 is 0. The number of rotatable bonds is 9. The lowest BCUT2D eigenvalue weighted by atomic mass is 10.2. The third kappa shape index (κ3) is 5.23. The largest absolute Gasteiger partial charge is 0.490 e. The Balaban J connectivity index is 2.07. The van der Waals surface area contributed by atoms with Crippen LogP contribution in [0.4, 0.5) is 5.82 Å². The molecule has 0 radical (unpaired) electrons. The van der Waals surface area contributed by atoms with Crippen LogP contribution in [0.15, 0.2) is 30.5 Å². The van der Waals surface area contributed by atoms with Crippen molar-refractivity contribution in [3.63, 3.8) is 0 Å². The highest BCUT2D eigenvalue weighted by Crippen LogP contribution is 2.28. The zero-order valence-corrected chi connectivity index (χ0v) is 14.3. The molecule has 0 spiro atoms. The number of carbonyl (C=O) groups is 2. The van der Waals surface area contributed by atoms with Gasteiger partial charge in [-0.25, -0.2) is 0 Å². The fourth-order valence-electron chi connectivity index (χ4n) is 2.16. The lowest BCUT2D eigenvalue weighted by Gasteiger charge is -2.12. The van der Waals surface area contributed by atoms with Crippen LogP contribution in [-0.2, 0) is 11.3 Å². The van der Waals surface area contributed by atoms with Gasteiger partial charge in [-0.2, -0.15) is 5.10 Å². The van der Waals surface area contributed by atoms with Crippen LogP contribution in [0.25, 0.3) is 0 Å². The van der Waals surface area contributed by atoms with Crippen LogP contribution in [0.1, 0.15) is 30.6 Å². The van der Waals surface area contributed by atoms with Crippen molar-refractivity contribution < 1.29 is 19.1 Å². The first kappa shape index (κ1) is 18.3. The molecule has 0 bridgehead atoms. The number of ether oxygens (including phenoxy) is 2. The van der Waals surface area contributed by atoms with Gasteiger partial charge in [-0.15, -0.1) is 0 Å². The van der Waals surface area contributed by atoms with E-state index in [9.17, 15) is 9.59 Å².